The third kappa shape index (κ3) is 4.90. The first-order valence-corrected chi connectivity index (χ1v) is 11.5. The first-order valence-electron chi connectivity index (χ1n) is 11.5. The molecule has 2 saturated carbocycles. The molecule has 5 rings (SSSR count). The van der Waals surface area contributed by atoms with Crippen molar-refractivity contribution in [3.63, 3.8) is 0 Å². The number of ether oxygens (including phenoxy) is 3. The molecule has 0 radical (unpaired) electrons. The predicted molar refractivity (Wildman–Crippen MR) is 113 cm³/mol. The highest BCUT2D eigenvalue weighted by Gasteiger charge is 2.49. The lowest BCUT2D eigenvalue weighted by molar-refractivity contribution is 0.0303. The molecule has 0 aromatic heterocycles. The fraction of sp³-hybridized carbons (Fsp3) is 0.696. The summed E-state index contributed by atoms with van der Waals surface area (Å²) in [6, 6.07) is 8.95. The van der Waals surface area contributed by atoms with Crippen molar-refractivity contribution >= 4 is 6.03 Å². The minimum atomic E-state index is -0.160. The molecule has 2 amide bonds. The van der Waals surface area contributed by atoms with Gasteiger partial charge in [0.25, 0.3) is 0 Å². The van der Waals surface area contributed by atoms with Gasteiger partial charge in [0, 0.05) is 18.6 Å². The number of benzene rings is 1. The first kappa shape index (κ1) is 20.1. The molecule has 2 saturated heterocycles. The van der Waals surface area contributed by atoms with Crippen molar-refractivity contribution in [1.82, 2.24) is 16.0 Å². The molecule has 3 N–H and O–H groups in total. The van der Waals surface area contributed by atoms with Crippen LogP contribution < -0.4 is 20.7 Å². The molecule has 2 heterocycles. The molecule has 4 atom stereocenters. The van der Waals surface area contributed by atoms with E-state index < -0.39 is 0 Å². The van der Waals surface area contributed by atoms with Gasteiger partial charge >= 0.3 is 6.03 Å². The van der Waals surface area contributed by atoms with Gasteiger partial charge in [0.2, 0.25) is 0 Å². The van der Waals surface area contributed by atoms with E-state index in [9.17, 15) is 4.79 Å². The second-order valence-electron chi connectivity index (χ2n) is 9.11. The second-order valence-corrected chi connectivity index (χ2v) is 9.11. The highest BCUT2D eigenvalue weighted by molar-refractivity contribution is 5.74. The second kappa shape index (κ2) is 9.12. The van der Waals surface area contributed by atoms with Crippen molar-refractivity contribution in [1.29, 1.82) is 0 Å². The summed E-state index contributed by atoms with van der Waals surface area (Å²) in [6.45, 7) is 1.80. The van der Waals surface area contributed by atoms with Crippen LogP contribution in [0.4, 0.5) is 4.79 Å². The highest BCUT2D eigenvalue weighted by Crippen LogP contribution is 2.30. The van der Waals surface area contributed by atoms with Gasteiger partial charge in [-0.15, -0.1) is 0 Å². The van der Waals surface area contributed by atoms with Crippen LogP contribution >= 0.6 is 0 Å². The largest absolute Gasteiger partial charge is 0.485 e. The van der Waals surface area contributed by atoms with Crippen LogP contribution in [-0.4, -0.2) is 55.7 Å². The summed E-state index contributed by atoms with van der Waals surface area (Å²) in [5.41, 5.74) is 1.22. The molecule has 0 unspecified atom stereocenters. The van der Waals surface area contributed by atoms with Crippen molar-refractivity contribution in [3.05, 3.63) is 29.8 Å². The van der Waals surface area contributed by atoms with Crippen LogP contribution in [0, 0.1) is 0 Å². The van der Waals surface area contributed by atoms with Gasteiger partial charge in [-0.1, -0.05) is 31.4 Å². The van der Waals surface area contributed by atoms with E-state index in [1.165, 1.54) is 37.7 Å². The Morgan fingerprint density at radius 2 is 1.80 bits per heavy atom. The molecule has 4 aliphatic rings. The van der Waals surface area contributed by atoms with E-state index in [0.717, 1.165) is 25.1 Å². The van der Waals surface area contributed by atoms with Gasteiger partial charge in [-0.3, -0.25) is 0 Å². The van der Waals surface area contributed by atoms with Crippen molar-refractivity contribution in [2.24, 2.45) is 0 Å². The maximum absolute atomic E-state index is 12.4. The Balaban J connectivity index is 1.12. The highest BCUT2D eigenvalue weighted by atomic mass is 16.6. The predicted octanol–water partition coefficient (Wildman–Crippen LogP) is 2.48. The smallest absolute Gasteiger partial charge is 0.315 e. The fourth-order valence-corrected chi connectivity index (χ4v) is 4.78. The average molecular weight is 416 g/mol. The number of hydrogen-bond donors (Lipinski definition) is 3. The van der Waals surface area contributed by atoms with Crippen LogP contribution in [0.15, 0.2) is 24.3 Å². The van der Waals surface area contributed by atoms with E-state index in [0.29, 0.717) is 25.3 Å². The average Bonchev–Trinajstić information content (AvgIpc) is 3.39. The van der Waals surface area contributed by atoms with Crippen LogP contribution in [0.3, 0.4) is 0 Å². The van der Waals surface area contributed by atoms with E-state index in [1.807, 2.05) is 12.1 Å². The number of rotatable bonds is 7. The minimum absolute atomic E-state index is 0.111. The summed E-state index contributed by atoms with van der Waals surface area (Å²) in [5.74, 6) is 0.842. The summed E-state index contributed by atoms with van der Waals surface area (Å²) >= 11 is 0. The standard InChI is InChI=1S/C23H33N3O4/c27-23(25-17-6-2-1-3-7-17)26-19-13-28-22-20(14-29-21(19)22)30-18-8-4-5-15(11-18)12-24-16-9-10-16/h4-5,8,11,16-17,19-22,24H,1-3,6-7,9-10,12-14H2,(H2,25,26,27)/t19-,20-,21+,22+/m0/s1. The van der Waals surface area contributed by atoms with Gasteiger partial charge < -0.3 is 30.2 Å². The van der Waals surface area contributed by atoms with E-state index in [1.54, 1.807) is 0 Å². The van der Waals surface area contributed by atoms with Crippen LogP contribution in [0.25, 0.3) is 0 Å². The summed E-state index contributed by atoms with van der Waals surface area (Å²) in [4.78, 5) is 12.4. The summed E-state index contributed by atoms with van der Waals surface area (Å²) in [7, 11) is 0. The van der Waals surface area contributed by atoms with E-state index in [-0.39, 0.29) is 30.4 Å². The van der Waals surface area contributed by atoms with Crippen molar-refractivity contribution in [3.8, 4) is 5.75 Å². The third-order valence-electron chi connectivity index (χ3n) is 6.62. The lowest BCUT2D eigenvalue weighted by Gasteiger charge is -2.24. The Morgan fingerprint density at radius 1 is 0.967 bits per heavy atom. The van der Waals surface area contributed by atoms with Crippen LogP contribution in [0.5, 0.6) is 5.75 Å². The summed E-state index contributed by atoms with van der Waals surface area (Å²) < 4.78 is 18.2. The molecule has 0 spiro atoms. The summed E-state index contributed by atoms with van der Waals surface area (Å²) in [5, 5.41) is 9.70. The number of fused-ring (bicyclic) bond motifs is 1. The summed E-state index contributed by atoms with van der Waals surface area (Å²) in [6.07, 6.45) is 7.90. The van der Waals surface area contributed by atoms with Crippen molar-refractivity contribution < 1.29 is 19.0 Å². The molecule has 0 bridgehead atoms. The van der Waals surface area contributed by atoms with Crippen molar-refractivity contribution in [2.75, 3.05) is 13.2 Å². The Morgan fingerprint density at radius 3 is 2.63 bits per heavy atom. The van der Waals surface area contributed by atoms with Crippen molar-refractivity contribution in [2.45, 2.75) is 87.9 Å². The molecule has 7 heteroatoms. The molecule has 2 aliphatic carbocycles. The minimum Gasteiger partial charge on any atom is -0.485 e. The number of urea groups is 1. The molecule has 1 aromatic rings. The van der Waals surface area contributed by atoms with Gasteiger partial charge in [0.05, 0.1) is 19.3 Å². The lowest BCUT2D eigenvalue weighted by Crippen LogP contribution is -2.51. The molecule has 1 aromatic carbocycles. The van der Waals surface area contributed by atoms with Crippen LogP contribution in [-0.2, 0) is 16.0 Å². The molecule has 7 nitrogen and oxygen atoms in total. The topological polar surface area (TPSA) is 80.9 Å². The molecule has 2 aliphatic heterocycles. The molecule has 4 fully saturated rings. The monoisotopic (exact) mass is 415 g/mol. The lowest BCUT2D eigenvalue weighted by atomic mass is 9.96. The molecular formula is C23H33N3O4. The maximum Gasteiger partial charge on any atom is 0.315 e. The van der Waals surface area contributed by atoms with Crippen LogP contribution in [0.1, 0.15) is 50.5 Å². The fourth-order valence-electron chi connectivity index (χ4n) is 4.78. The number of amides is 2. The van der Waals surface area contributed by atoms with E-state index >= 15 is 0 Å². The Hall–Kier alpha value is -1.83. The zero-order valence-electron chi connectivity index (χ0n) is 17.5. The Bertz CT molecular complexity index is 735. The quantitative estimate of drug-likeness (QED) is 0.638. The maximum atomic E-state index is 12.4. The van der Waals surface area contributed by atoms with Gasteiger partial charge in [0.15, 0.2) is 6.10 Å². The SMILES string of the molecule is O=C(NC1CCCCC1)N[C@H]1CO[C@H]2[C@@H]1OC[C@@H]2Oc1cccc(CNC2CC2)c1. The molecule has 30 heavy (non-hydrogen) atoms. The Kier molecular flexibility index (Phi) is 6.11. The van der Waals surface area contributed by atoms with Gasteiger partial charge in [-0.2, -0.15) is 0 Å². The number of hydrogen-bond acceptors (Lipinski definition) is 5. The molecular weight excluding hydrogens is 382 g/mol. The number of carbonyl (C=O) groups is 1. The van der Waals surface area contributed by atoms with Gasteiger partial charge in [-0.05, 0) is 43.4 Å². The van der Waals surface area contributed by atoms with Gasteiger partial charge in [-0.25, -0.2) is 4.79 Å². The number of carbonyl (C=O) groups excluding carboxylic acids is 1. The van der Waals surface area contributed by atoms with E-state index in [4.69, 9.17) is 14.2 Å². The van der Waals surface area contributed by atoms with E-state index in [2.05, 4.69) is 28.1 Å². The van der Waals surface area contributed by atoms with Gasteiger partial charge in [0.1, 0.15) is 18.0 Å². The third-order valence-corrected chi connectivity index (χ3v) is 6.62. The molecule has 164 valence electrons. The Labute approximate surface area is 178 Å². The normalized spacial score (nSPS) is 31.3. The van der Waals surface area contributed by atoms with Crippen LogP contribution in [0.2, 0.25) is 0 Å². The number of nitrogens with one attached hydrogen (secondary N) is 3. The zero-order valence-corrected chi connectivity index (χ0v) is 17.5. The zero-order chi connectivity index (χ0) is 20.3. The first-order chi connectivity index (χ1) is 14.7.